The summed E-state index contributed by atoms with van der Waals surface area (Å²) in [5.41, 5.74) is 0. The number of nitrogens with zero attached hydrogens (tertiary/aromatic N) is 2. The molecule has 2 nitrogen and oxygen atoms in total. The summed E-state index contributed by atoms with van der Waals surface area (Å²) in [4.78, 5) is 6.66. The van der Waals surface area contributed by atoms with Crippen LogP contribution in [0.5, 0.6) is 0 Å². The maximum absolute atomic E-state index is 3.34. The fourth-order valence-corrected chi connectivity index (χ4v) is 19.6. The van der Waals surface area contributed by atoms with Crippen molar-refractivity contribution < 1.29 is 0 Å². The molecule has 0 aromatic heterocycles. The summed E-state index contributed by atoms with van der Waals surface area (Å²) in [5, 5.41) is 0. The number of rotatable bonds is 6. The van der Waals surface area contributed by atoms with Gasteiger partial charge in [-0.2, -0.15) is 0 Å². The van der Waals surface area contributed by atoms with Crippen LogP contribution in [0.25, 0.3) is 0 Å². The second kappa shape index (κ2) is 17.4. The quantitative estimate of drug-likeness (QED) is 0.266. The van der Waals surface area contributed by atoms with Crippen molar-refractivity contribution in [3.05, 3.63) is 0 Å². The Morgan fingerprint density at radius 2 is 0.554 bits per heavy atom. The van der Waals surface area contributed by atoms with Crippen LogP contribution in [0.1, 0.15) is 231 Å². The molecule has 0 aromatic rings. The van der Waals surface area contributed by atoms with Crippen LogP contribution >= 0.6 is 0 Å². The molecule has 0 N–H and O–H groups in total. The number of likely N-dealkylation sites (tertiary alicyclic amines) is 2. The van der Waals surface area contributed by atoms with Gasteiger partial charge in [-0.3, -0.25) is 9.80 Å². The van der Waals surface area contributed by atoms with E-state index in [2.05, 4.69) is 9.80 Å². The first kappa shape index (κ1) is 38.8. The van der Waals surface area contributed by atoms with E-state index in [4.69, 9.17) is 0 Å². The molecule has 9 saturated carbocycles. The Morgan fingerprint density at radius 3 is 1.11 bits per heavy atom. The van der Waals surface area contributed by atoms with E-state index in [1.165, 1.54) is 51.4 Å². The van der Waals surface area contributed by atoms with Crippen molar-refractivity contribution in [2.75, 3.05) is 0 Å². The van der Waals surface area contributed by atoms with Gasteiger partial charge in [-0.25, -0.2) is 0 Å². The van der Waals surface area contributed by atoms with E-state index >= 15 is 0 Å². The minimum Gasteiger partial charge on any atom is -0.294 e. The summed E-state index contributed by atoms with van der Waals surface area (Å²) in [7, 11) is 0. The lowest BCUT2D eigenvalue weighted by Crippen LogP contribution is -2.49. The molecule has 56 heavy (non-hydrogen) atoms. The first-order chi connectivity index (χ1) is 27.8. The molecule has 2 aliphatic heterocycles. The molecule has 0 spiro atoms. The average molecular weight is 767 g/mol. The van der Waals surface area contributed by atoms with Crippen LogP contribution in [0.15, 0.2) is 0 Å². The zero-order valence-electron chi connectivity index (χ0n) is 36.7. The minimum absolute atomic E-state index is 0.953. The van der Waals surface area contributed by atoms with Gasteiger partial charge < -0.3 is 0 Å². The zero-order valence-corrected chi connectivity index (χ0v) is 36.7. The Bertz CT molecular complexity index is 1250. The van der Waals surface area contributed by atoms with E-state index in [-0.39, 0.29) is 0 Å². The molecule has 0 bridgehead atoms. The van der Waals surface area contributed by atoms with E-state index < -0.39 is 0 Å². The normalized spacial score (nSPS) is 50.1. The lowest BCUT2D eigenvalue weighted by molar-refractivity contribution is 0.0216. The van der Waals surface area contributed by atoms with Gasteiger partial charge >= 0.3 is 0 Å². The molecule has 11 rings (SSSR count). The topological polar surface area (TPSA) is 6.48 Å². The smallest absolute Gasteiger partial charge is 0.0133 e. The van der Waals surface area contributed by atoms with Crippen LogP contribution in [0.3, 0.4) is 0 Å². The van der Waals surface area contributed by atoms with Gasteiger partial charge in [0.2, 0.25) is 0 Å². The Kier molecular flexibility index (Phi) is 12.0. The predicted molar refractivity (Wildman–Crippen MR) is 234 cm³/mol. The highest BCUT2D eigenvalue weighted by atomic mass is 15.3. The Balaban J connectivity index is 0.696. The van der Waals surface area contributed by atoms with Crippen LogP contribution in [0, 0.1) is 71.0 Å². The zero-order chi connectivity index (χ0) is 37.0. The molecule has 12 atom stereocenters. The summed E-state index contributed by atoms with van der Waals surface area (Å²) in [6.45, 7) is 0. The van der Waals surface area contributed by atoms with Crippen LogP contribution < -0.4 is 0 Å². The molecule has 0 amide bonds. The standard InChI is InChI=1S/C54H90N2/c1-3-12-37(13-4-1)39-26-30-45(31-27-39)55-51-20-9-7-18-47(51)49-35-43(28-32-53(49)55)40-22-24-41(25-23-40)44-29-33-54-50(36-44)48-19-8-10-21-52(48)56(54)46-17-11-16-42(34-46)38-14-5-2-6-15-38/h37-54H,1-36H2. The molecule has 11 aliphatic rings. The lowest BCUT2D eigenvalue weighted by Gasteiger charge is -2.47. The third-order valence-corrected chi connectivity index (χ3v) is 22.1. The van der Waals surface area contributed by atoms with Crippen LogP contribution in [0.2, 0.25) is 0 Å². The fourth-order valence-electron chi connectivity index (χ4n) is 19.6. The molecular weight excluding hydrogens is 677 g/mol. The Morgan fingerprint density at radius 1 is 0.196 bits per heavy atom. The molecule has 2 heteroatoms. The van der Waals surface area contributed by atoms with Gasteiger partial charge in [-0.05, 0) is 199 Å². The van der Waals surface area contributed by atoms with Crippen LogP contribution in [-0.2, 0) is 0 Å². The highest BCUT2D eigenvalue weighted by Crippen LogP contribution is 2.58. The van der Waals surface area contributed by atoms with Crippen molar-refractivity contribution in [2.24, 2.45) is 71.0 Å². The first-order valence-electron chi connectivity index (χ1n) is 27.3. The third-order valence-electron chi connectivity index (χ3n) is 22.1. The van der Waals surface area contributed by atoms with Gasteiger partial charge in [0.1, 0.15) is 0 Å². The van der Waals surface area contributed by atoms with E-state index in [1.54, 1.807) is 180 Å². The van der Waals surface area contributed by atoms with Crippen molar-refractivity contribution in [1.82, 2.24) is 9.80 Å². The van der Waals surface area contributed by atoms with Gasteiger partial charge in [-0.1, -0.05) is 103 Å². The Hall–Kier alpha value is -0.0800. The van der Waals surface area contributed by atoms with Crippen molar-refractivity contribution in [1.29, 1.82) is 0 Å². The predicted octanol–water partition coefficient (Wildman–Crippen LogP) is 14.4. The molecule has 2 heterocycles. The second-order valence-corrected chi connectivity index (χ2v) is 24.2. The first-order valence-corrected chi connectivity index (χ1v) is 27.3. The summed E-state index contributed by atoms with van der Waals surface area (Å²) >= 11 is 0. The summed E-state index contributed by atoms with van der Waals surface area (Å²) in [6, 6.07) is 5.81. The van der Waals surface area contributed by atoms with E-state index in [0.717, 1.165) is 107 Å². The van der Waals surface area contributed by atoms with E-state index in [1.807, 2.05) is 0 Å². The van der Waals surface area contributed by atoms with Crippen LogP contribution in [0.4, 0.5) is 0 Å². The minimum atomic E-state index is 0.953. The highest BCUT2D eigenvalue weighted by molar-refractivity contribution is 5.09. The molecule has 0 aromatic carbocycles. The molecule has 0 radical (unpaired) electrons. The van der Waals surface area contributed by atoms with Gasteiger partial charge in [0.25, 0.3) is 0 Å². The SMILES string of the molecule is C1CCC(C2CCC(N3C4CCCCC4C4CC(C5CCC(C6CCC7C(C6)C6CCCCC6N7C6CCCC(C7CCCCC7)C6)CC5)CCC43)CC2)CC1. The summed E-state index contributed by atoms with van der Waals surface area (Å²) in [6.07, 6.45) is 56.6. The number of hydrogen-bond donors (Lipinski definition) is 0. The van der Waals surface area contributed by atoms with Gasteiger partial charge in [0.15, 0.2) is 0 Å². The van der Waals surface area contributed by atoms with E-state index in [0.29, 0.717) is 0 Å². The van der Waals surface area contributed by atoms with Crippen molar-refractivity contribution >= 4 is 0 Å². The van der Waals surface area contributed by atoms with Crippen molar-refractivity contribution in [3.8, 4) is 0 Å². The Labute approximate surface area is 347 Å². The van der Waals surface area contributed by atoms with Gasteiger partial charge in [0.05, 0.1) is 0 Å². The number of fused-ring (bicyclic) bond motifs is 6. The van der Waals surface area contributed by atoms with Crippen molar-refractivity contribution in [2.45, 2.75) is 267 Å². The molecule has 11 fully saturated rings. The number of hydrogen-bond acceptors (Lipinski definition) is 2. The lowest BCUT2D eigenvalue weighted by atomic mass is 9.61. The third kappa shape index (κ3) is 7.50. The molecular formula is C54H90N2. The second-order valence-electron chi connectivity index (χ2n) is 24.2. The van der Waals surface area contributed by atoms with Crippen molar-refractivity contribution in [3.63, 3.8) is 0 Å². The maximum atomic E-state index is 3.34. The van der Waals surface area contributed by atoms with Crippen LogP contribution in [-0.4, -0.2) is 46.1 Å². The summed E-state index contributed by atoms with van der Waals surface area (Å²) in [5.74, 6) is 12.9. The summed E-state index contributed by atoms with van der Waals surface area (Å²) < 4.78 is 0. The molecule has 2 saturated heterocycles. The van der Waals surface area contributed by atoms with Gasteiger partial charge in [0, 0.05) is 36.3 Å². The highest BCUT2D eigenvalue weighted by Gasteiger charge is 2.56. The molecule has 9 aliphatic carbocycles. The van der Waals surface area contributed by atoms with E-state index in [9.17, 15) is 0 Å². The largest absolute Gasteiger partial charge is 0.294 e. The molecule has 12 unspecified atom stereocenters. The maximum Gasteiger partial charge on any atom is 0.0133 e. The monoisotopic (exact) mass is 767 g/mol. The average Bonchev–Trinajstić information content (AvgIpc) is 3.79. The molecule has 316 valence electrons. The van der Waals surface area contributed by atoms with Gasteiger partial charge in [-0.15, -0.1) is 0 Å². The fraction of sp³-hybridized carbons (Fsp3) is 1.00.